The highest BCUT2D eigenvalue weighted by Gasteiger charge is 2.63. The largest absolute Gasteiger partial charge is 0.384 e. The zero-order valence-electron chi connectivity index (χ0n) is 13.3. The van der Waals surface area contributed by atoms with Gasteiger partial charge in [-0.3, -0.25) is 4.79 Å². The molecule has 2 aliphatic carbocycles. The summed E-state index contributed by atoms with van der Waals surface area (Å²) in [7, 11) is 0. The molecule has 124 valence electrons. The monoisotopic (exact) mass is 308 g/mol. The Bertz CT molecular complexity index is 437. The molecule has 4 fully saturated rings. The molecule has 0 aromatic carbocycles. The SMILES string of the molecule is O=C1[C@H]2CCCCCCCCC[C@H]1[C@]1(O)C[C@@H]2[C@H]2CO[C@@H]1O2. The van der Waals surface area contributed by atoms with Crippen LogP contribution < -0.4 is 0 Å². The van der Waals surface area contributed by atoms with E-state index in [2.05, 4.69) is 0 Å². The maximum absolute atomic E-state index is 13.1. The van der Waals surface area contributed by atoms with Gasteiger partial charge in [0.1, 0.15) is 11.4 Å². The van der Waals surface area contributed by atoms with Gasteiger partial charge in [-0.2, -0.15) is 0 Å². The summed E-state index contributed by atoms with van der Waals surface area (Å²) < 4.78 is 11.7. The highest BCUT2D eigenvalue weighted by molar-refractivity contribution is 5.86. The number of carbonyl (C=O) groups excluding carboxylic acids is 1. The highest BCUT2D eigenvalue weighted by Crippen LogP contribution is 2.53. The summed E-state index contributed by atoms with van der Waals surface area (Å²) in [5, 5.41) is 11.2. The number of ketones is 1. The van der Waals surface area contributed by atoms with Crippen LogP contribution in [-0.4, -0.2) is 35.5 Å². The fourth-order valence-electron chi connectivity index (χ4n) is 5.28. The first-order chi connectivity index (χ1) is 10.7. The lowest BCUT2D eigenvalue weighted by atomic mass is 9.60. The van der Waals surface area contributed by atoms with E-state index < -0.39 is 11.9 Å². The lowest BCUT2D eigenvalue weighted by Gasteiger charge is -2.51. The fraction of sp³-hybridized carbons (Fsp3) is 0.944. The predicted octanol–water partition coefficient (Wildman–Crippen LogP) is 2.82. The summed E-state index contributed by atoms with van der Waals surface area (Å²) in [6.45, 7) is 0.550. The van der Waals surface area contributed by atoms with Crippen molar-refractivity contribution >= 4 is 5.78 Å². The molecule has 0 amide bonds. The van der Waals surface area contributed by atoms with Crippen LogP contribution in [0.25, 0.3) is 0 Å². The van der Waals surface area contributed by atoms with Crippen LogP contribution in [0.4, 0.5) is 0 Å². The Morgan fingerprint density at radius 1 is 1.00 bits per heavy atom. The van der Waals surface area contributed by atoms with Gasteiger partial charge in [0.15, 0.2) is 6.29 Å². The molecule has 4 aliphatic rings. The molecule has 6 atom stereocenters. The first-order valence-electron chi connectivity index (χ1n) is 9.23. The minimum atomic E-state index is -1.07. The van der Waals surface area contributed by atoms with Crippen molar-refractivity contribution in [3.05, 3.63) is 0 Å². The van der Waals surface area contributed by atoms with Crippen LogP contribution in [0.1, 0.15) is 64.2 Å². The van der Waals surface area contributed by atoms with Crippen molar-refractivity contribution in [2.75, 3.05) is 6.61 Å². The Kier molecular flexibility index (Phi) is 4.04. The van der Waals surface area contributed by atoms with Crippen molar-refractivity contribution in [3.8, 4) is 0 Å². The molecule has 2 saturated heterocycles. The van der Waals surface area contributed by atoms with Crippen LogP contribution in [0.15, 0.2) is 0 Å². The molecule has 4 rings (SSSR count). The number of fused-ring (bicyclic) bond motifs is 10. The van der Waals surface area contributed by atoms with Gasteiger partial charge in [0.25, 0.3) is 0 Å². The molecule has 6 bridgehead atoms. The third-order valence-electron chi connectivity index (χ3n) is 6.50. The summed E-state index contributed by atoms with van der Waals surface area (Å²) in [4.78, 5) is 13.1. The number of ether oxygens (including phenoxy) is 2. The van der Waals surface area contributed by atoms with E-state index >= 15 is 0 Å². The fourth-order valence-corrected chi connectivity index (χ4v) is 5.28. The third-order valence-corrected chi connectivity index (χ3v) is 6.50. The summed E-state index contributed by atoms with van der Waals surface area (Å²) in [6.07, 6.45) is 10.4. The first kappa shape index (κ1) is 15.1. The highest BCUT2D eigenvalue weighted by atomic mass is 16.7. The lowest BCUT2D eigenvalue weighted by molar-refractivity contribution is -0.260. The van der Waals surface area contributed by atoms with Gasteiger partial charge in [-0.1, -0.05) is 44.9 Å². The average molecular weight is 308 g/mol. The van der Waals surface area contributed by atoms with Gasteiger partial charge in [-0.05, 0) is 19.3 Å². The van der Waals surface area contributed by atoms with Crippen LogP contribution in [0, 0.1) is 17.8 Å². The molecule has 0 aromatic heterocycles. The molecule has 1 N–H and O–H groups in total. The number of carbonyl (C=O) groups is 1. The van der Waals surface area contributed by atoms with E-state index in [0.29, 0.717) is 18.8 Å². The second-order valence-corrected chi connectivity index (χ2v) is 7.81. The molecule has 22 heavy (non-hydrogen) atoms. The van der Waals surface area contributed by atoms with E-state index in [0.717, 1.165) is 25.7 Å². The van der Waals surface area contributed by atoms with E-state index in [-0.39, 0.29) is 23.9 Å². The Morgan fingerprint density at radius 2 is 1.68 bits per heavy atom. The minimum absolute atomic E-state index is 0.0214. The van der Waals surface area contributed by atoms with E-state index in [1.165, 1.54) is 32.1 Å². The molecular weight excluding hydrogens is 280 g/mol. The van der Waals surface area contributed by atoms with Gasteiger partial charge in [0.05, 0.1) is 18.6 Å². The molecule has 0 aromatic rings. The van der Waals surface area contributed by atoms with Gasteiger partial charge in [0, 0.05) is 11.8 Å². The molecule has 0 unspecified atom stereocenters. The predicted molar refractivity (Wildman–Crippen MR) is 81.2 cm³/mol. The van der Waals surface area contributed by atoms with Crippen molar-refractivity contribution in [3.63, 3.8) is 0 Å². The quantitative estimate of drug-likeness (QED) is 0.747. The number of hydrogen-bond donors (Lipinski definition) is 1. The van der Waals surface area contributed by atoms with Crippen LogP contribution in [0.5, 0.6) is 0 Å². The van der Waals surface area contributed by atoms with Crippen molar-refractivity contribution in [2.45, 2.75) is 82.2 Å². The summed E-state index contributed by atoms with van der Waals surface area (Å²) >= 11 is 0. The smallest absolute Gasteiger partial charge is 0.187 e. The Balaban J connectivity index is 1.63. The van der Waals surface area contributed by atoms with Crippen LogP contribution in [0.3, 0.4) is 0 Å². The number of hydrogen-bond acceptors (Lipinski definition) is 4. The van der Waals surface area contributed by atoms with E-state index in [4.69, 9.17) is 9.47 Å². The summed E-state index contributed by atoms with van der Waals surface area (Å²) in [5.74, 6) is 0.271. The van der Waals surface area contributed by atoms with Crippen molar-refractivity contribution in [1.29, 1.82) is 0 Å². The maximum atomic E-state index is 13.1. The Morgan fingerprint density at radius 3 is 2.45 bits per heavy atom. The molecule has 2 heterocycles. The zero-order valence-corrected chi connectivity index (χ0v) is 13.3. The second-order valence-electron chi connectivity index (χ2n) is 7.81. The maximum Gasteiger partial charge on any atom is 0.187 e. The standard InChI is InChI=1S/C18H28O4/c19-16-12-8-6-4-2-1-3-5-7-9-14(16)18(20)10-13(12)15-11-21-17(18)22-15/h12-15,17,20H,1-11H2/t12-,13-,14+,15+,17+,18+/m0/s1. The van der Waals surface area contributed by atoms with Crippen molar-refractivity contribution < 1.29 is 19.4 Å². The molecular formula is C18H28O4. The molecule has 2 aliphatic heterocycles. The molecule has 0 spiro atoms. The Hall–Kier alpha value is -0.450. The zero-order chi connectivity index (χ0) is 15.2. The van der Waals surface area contributed by atoms with Crippen LogP contribution in [-0.2, 0) is 14.3 Å². The van der Waals surface area contributed by atoms with Gasteiger partial charge in [0.2, 0.25) is 0 Å². The van der Waals surface area contributed by atoms with Crippen molar-refractivity contribution in [1.82, 2.24) is 0 Å². The molecule has 4 heteroatoms. The topological polar surface area (TPSA) is 55.8 Å². The van der Waals surface area contributed by atoms with E-state index in [9.17, 15) is 9.90 Å². The number of rotatable bonds is 0. The molecule has 0 radical (unpaired) electrons. The van der Waals surface area contributed by atoms with Gasteiger partial charge in [-0.15, -0.1) is 0 Å². The third kappa shape index (κ3) is 2.35. The van der Waals surface area contributed by atoms with E-state index in [1.54, 1.807) is 0 Å². The van der Waals surface area contributed by atoms with Gasteiger partial charge < -0.3 is 14.6 Å². The summed E-state index contributed by atoms with van der Waals surface area (Å²) in [5.41, 5.74) is -1.07. The number of Topliss-reactive ketones (excluding diaryl/α,β-unsaturated/α-hetero) is 1. The van der Waals surface area contributed by atoms with Crippen LogP contribution >= 0.6 is 0 Å². The van der Waals surface area contributed by atoms with Gasteiger partial charge in [-0.25, -0.2) is 0 Å². The first-order valence-corrected chi connectivity index (χ1v) is 9.23. The lowest BCUT2D eigenvalue weighted by Crippen LogP contribution is -2.63. The summed E-state index contributed by atoms with van der Waals surface area (Å²) in [6, 6.07) is 0. The second kappa shape index (κ2) is 5.88. The van der Waals surface area contributed by atoms with E-state index in [1.807, 2.05) is 0 Å². The van der Waals surface area contributed by atoms with Crippen molar-refractivity contribution in [2.24, 2.45) is 17.8 Å². The molecule has 4 nitrogen and oxygen atoms in total. The molecule has 2 saturated carbocycles. The average Bonchev–Trinajstić information content (AvgIpc) is 2.95. The normalized spacial score (nSPS) is 49.3. The van der Waals surface area contributed by atoms with Gasteiger partial charge >= 0.3 is 0 Å². The minimum Gasteiger partial charge on any atom is -0.384 e. The van der Waals surface area contributed by atoms with Crippen LogP contribution in [0.2, 0.25) is 0 Å². The number of aliphatic hydroxyl groups is 1. The Labute approximate surface area is 132 Å².